The van der Waals surface area contributed by atoms with Crippen LogP contribution in [0.2, 0.25) is 5.02 Å². The van der Waals surface area contributed by atoms with E-state index >= 15 is 0 Å². The van der Waals surface area contributed by atoms with Gasteiger partial charge in [0.2, 0.25) is 0 Å². The fourth-order valence-electron chi connectivity index (χ4n) is 1.24. The van der Waals surface area contributed by atoms with Crippen molar-refractivity contribution in [3.8, 4) is 6.07 Å². The Kier molecular flexibility index (Phi) is 4.39. The lowest BCUT2D eigenvalue weighted by molar-refractivity contribution is 0.0746. The summed E-state index contributed by atoms with van der Waals surface area (Å²) in [5, 5.41) is 22.1. The minimum Gasteiger partial charge on any atom is -0.391 e. The maximum Gasteiger partial charge on any atom is 0.101 e. The van der Waals surface area contributed by atoms with E-state index in [1.165, 1.54) is 0 Å². The molecule has 0 amide bonds. The van der Waals surface area contributed by atoms with Gasteiger partial charge in [-0.25, -0.2) is 0 Å². The highest BCUT2D eigenvalue weighted by molar-refractivity contribution is 6.32. The van der Waals surface area contributed by atoms with Gasteiger partial charge in [0.05, 0.1) is 16.7 Å². The predicted octanol–water partition coefficient (Wildman–Crippen LogP) is 3.03. The van der Waals surface area contributed by atoms with Crippen molar-refractivity contribution in [3.63, 3.8) is 0 Å². The summed E-state index contributed by atoms with van der Waals surface area (Å²) in [6.45, 7) is 6.38. The van der Waals surface area contributed by atoms with Crippen LogP contribution in [0.5, 0.6) is 0 Å². The van der Waals surface area contributed by atoms with E-state index in [4.69, 9.17) is 16.9 Å². The number of aliphatic hydroxyl groups excluding tert-OH is 1. The summed E-state index contributed by atoms with van der Waals surface area (Å²) in [5.41, 5.74) is 1.09. The van der Waals surface area contributed by atoms with Gasteiger partial charge < -0.3 is 10.4 Å². The van der Waals surface area contributed by atoms with E-state index in [0.29, 0.717) is 17.1 Å². The standard InChI is InChI=1S/C13H17ClN2O/c1-13(2,3)12(17)8-16-10-5-4-9(7-15)11(14)6-10/h4-6,12,16-17H,8H2,1-3H3. The number of anilines is 1. The number of nitrogens with zero attached hydrogens (tertiary/aromatic N) is 1. The molecule has 1 aromatic rings. The molecule has 1 aromatic carbocycles. The molecule has 2 N–H and O–H groups in total. The Balaban J connectivity index is 2.66. The van der Waals surface area contributed by atoms with Gasteiger partial charge in [0.15, 0.2) is 0 Å². The molecule has 0 aliphatic rings. The number of hydrogen-bond acceptors (Lipinski definition) is 3. The van der Waals surface area contributed by atoms with E-state index in [0.717, 1.165) is 5.69 Å². The third-order valence-electron chi connectivity index (χ3n) is 2.59. The maximum absolute atomic E-state index is 9.87. The SMILES string of the molecule is CC(C)(C)C(O)CNc1ccc(C#N)c(Cl)c1. The van der Waals surface area contributed by atoms with Crippen LogP contribution >= 0.6 is 11.6 Å². The van der Waals surface area contributed by atoms with Crippen LogP contribution in [0.4, 0.5) is 5.69 Å². The molecule has 92 valence electrons. The Morgan fingerprint density at radius 1 is 1.47 bits per heavy atom. The van der Waals surface area contributed by atoms with E-state index in [2.05, 4.69) is 5.32 Å². The summed E-state index contributed by atoms with van der Waals surface area (Å²) >= 11 is 5.91. The lowest BCUT2D eigenvalue weighted by Gasteiger charge is -2.26. The molecule has 0 bridgehead atoms. The monoisotopic (exact) mass is 252 g/mol. The second kappa shape index (κ2) is 5.39. The molecule has 0 heterocycles. The summed E-state index contributed by atoms with van der Waals surface area (Å²) in [6, 6.07) is 7.13. The number of nitrogens with one attached hydrogen (secondary N) is 1. The fourth-order valence-corrected chi connectivity index (χ4v) is 1.46. The van der Waals surface area contributed by atoms with Crippen molar-refractivity contribution < 1.29 is 5.11 Å². The normalized spacial score (nSPS) is 12.9. The molecular formula is C13H17ClN2O. The Morgan fingerprint density at radius 3 is 2.59 bits per heavy atom. The van der Waals surface area contributed by atoms with Gasteiger partial charge in [0, 0.05) is 12.2 Å². The number of nitriles is 1. The summed E-state index contributed by atoms with van der Waals surface area (Å²) in [7, 11) is 0. The van der Waals surface area contributed by atoms with E-state index in [1.807, 2.05) is 26.8 Å². The number of hydrogen-bond donors (Lipinski definition) is 2. The van der Waals surface area contributed by atoms with Gasteiger partial charge in [-0.1, -0.05) is 32.4 Å². The Labute approximate surface area is 107 Å². The van der Waals surface area contributed by atoms with E-state index in [1.54, 1.807) is 18.2 Å². The molecule has 0 spiro atoms. The molecule has 0 saturated heterocycles. The number of rotatable bonds is 3. The van der Waals surface area contributed by atoms with Crippen molar-refractivity contribution in [1.29, 1.82) is 5.26 Å². The third kappa shape index (κ3) is 3.92. The van der Waals surface area contributed by atoms with Gasteiger partial charge in [0.25, 0.3) is 0 Å². The molecule has 0 saturated carbocycles. The molecule has 0 aromatic heterocycles. The second-order valence-corrected chi connectivity index (χ2v) is 5.48. The summed E-state index contributed by atoms with van der Waals surface area (Å²) in [5.74, 6) is 0. The average Bonchev–Trinajstić information content (AvgIpc) is 2.24. The predicted molar refractivity (Wildman–Crippen MR) is 70.1 cm³/mol. The number of aliphatic hydroxyl groups is 1. The van der Waals surface area contributed by atoms with Crippen LogP contribution in [0.15, 0.2) is 18.2 Å². The van der Waals surface area contributed by atoms with Gasteiger partial charge >= 0.3 is 0 Å². The van der Waals surface area contributed by atoms with Crippen molar-refractivity contribution in [3.05, 3.63) is 28.8 Å². The minimum atomic E-state index is -0.447. The fraction of sp³-hybridized carbons (Fsp3) is 0.462. The molecule has 1 atom stereocenters. The molecule has 3 nitrogen and oxygen atoms in total. The van der Waals surface area contributed by atoms with Crippen molar-refractivity contribution >= 4 is 17.3 Å². The van der Waals surface area contributed by atoms with Crippen LogP contribution in [0.1, 0.15) is 26.3 Å². The van der Waals surface area contributed by atoms with Gasteiger partial charge in [-0.2, -0.15) is 5.26 Å². The van der Waals surface area contributed by atoms with Gasteiger partial charge in [-0.3, -0.25) is 0 Å². The first-order chi connectivity index (χ1) is 7.84. The van der Waals surface area contributed by atoms with Crippen LogP contribution in [0.25, 0.3) is 0 Å². The molecule has 4 heteroatoms. The first-order valence-corrected chi connectivity index (χ1v) is 5.84. The number of halogens is 1. The average molecular weight is 253 g/mol. The Bertz CT molecular complexity index is 432. The van der Waals surface area contributed by atoms with Crippen LogP contribution in [0.3, 0.4) is 0 Å². The zero-order valence-corrected chi connectivity index (χ0v) is 11.0. The summed E-state index contributed by atoms with van der Waals surface area (Å²) < 4.78 is 0. The first-order valence-electron chi connectivity index (χ1n) is 5.46. The zero-order valence-electron chi connectivity index (χ0n) is 10.3. The smallest absolute Gasteiger partial charge is 0.101 e. The van der Waals surface area contributed by atoms with Crippen LogP contribution in [-0.2, 0) is 0 Å². The summed E-state index contributed by atoms with van der Waals surface area (Å²) in [4.78, 5) is 0. The molecular weight excluding hydrogens is 236 g/mol. The molecule has 0 radical (unpaired) electrons. The van der Waals surface area contributed by atoms with Crippen LogP contribution in [-0.4, -0.2) is 17.8 Å². The third-order valence-corrected chi connectivity index (χ3v) is 2.90. The molecule has 0 aliphatic heterocycles. The van der Waals surface area contributed by atoms with Crippen LogP contribution in [0, 0.1) is 16.7 Å². The van der Waals surface area contributed by atoms with Gasteiger partial charge in [-0.05, 0) is 23.6 Å². The number of benzene rings is 1. The molecule has 1 rings (SSSR count). The van der Waals surface area contributed by atoms with E-state index in [9.17, 15) is 5.11 Å². The highest BCUT2D eigenvalue weighted by Gasteiger charge is 2.21. The van der Waals surface area contributed by atoms with Gasteiger partial charge in [0.1, 0.15) is 6.07 Å². The highest BCUT2D eigenvalue weighted by Crippen LogP contribution is 2.22. The second-order valence-electron chi connectivity index (χ2n) is 5.07. The van der Waals surface area contributed by atoms with Crippen molar-refractivity contribution in [2.75, 3.05) is 11.9 Å². The molecule has 0 fully saturated rings. The molecule has 0 aliphatic carbocycles. The van der Waals surface area contributed by atoms with Crippen molar-refractivity contribution in [1.82, 2.24) is 0 Å². The van der Waals surface area contributed by atoms with Gasteiger partial charge in [-0.15, -0.1) is 0 Å². The maximum atomic E-state index is 9.87. The quantitative estimate of drug-likeness (QED) is 0.869. The molecule has 1 unspecified atom stereocenters. The van der Waals surface area contributed by atoms with Crippen LogP contribution < -0.4 is 5.32 Å². The lowest BCUT2D eigenvalue weighted by Crippen LogP contribution is -2.32. The zero-order chi connectivity index (χ0) is 13.1. The topological polar surface area (TPSA) is 56.0 Å². The summed E-state index contributed by atoms with van der Waals surface area (Å²) in [6.07, 6.45) is -0.447. The highest BCUT2D eigenvalue weighted by atomic mass is 35.5. The molecule has 17 heavy (non-hydrogen) atoms. The lowest BCUT2D eigenvalue weighted by atomic mass is 9.89. The largest absolute Gasteiger partial charge is 0.391 e. The minimum absolute atomic E-state index is 0.163. The Hall–Kier alpha value is -1.24. The van der Waals surface area contributed by atoms with E-state index < -0.39 is 6.10 Å². The first kappa shape index (κ1) is 13.8. The van der Waals surface area contributed by atoms with E-state index in [-0.39, 0.29) is 5.41 Å². The van der Waals surface area contributed by atoms with Crippen molar-refractivity contribution in [2.24, 2.45) is 5.41 Å². The Morgan fingerprint density at radius 2 is 2.12 bits per heavy atom. The van der Waals surface area contributed by atoms with Crippen molar-refractivity contribution in [2.45, 2.75) is 26.9 Å².